The van der Waals surface area contributed by atoms with E-state index in [0.717, 1.165) is 51.4 Å². The summed E-state index contributed by atoms with van der Waals surface area (Å²) in [7, 11) is 2.10. The van der Waals surface area contributed by atoms with Crippen LogP contribution < -0.4 is 0 Å². The van der Waals surface area contributed by atoms with Crippen LogP contribution in [0.25, 0.3) is 5.32 Å². The Labute approximate surface area is 202 Å². The van der Waals surface area contributed by atoms with Gasteiger partial charge in [-0.25, -0.2) is 0 Å². The molecule has 0 bridgehead atoms. The summed E-state index contributed by atoms with van der Waals surface area (Å²) < 4.78 is 11.2. The Morgan fingerprint density at radius 3 is 1.61 bits per heavy atom. The van der Waals surface area contributed by atoms with Gasteiger partial charge in [-0.15, -0.1) is 11.1 Å². The predicted molar refractivity (Wildman–Crippen MR) is 133 cm³/mol. The van der Waals surface area contributed by atoms with Crippen molar-refractivity contribution in [1.82, 2.24) is 4.90 Å². The SMILES string of the molecule is CN1C(C)(C)CC(C(=O)OCCCCCCCCOC(=O)C2CC(C)(C)[N-]C2(C)C)C1(C)C. The summed E-state index contributed by atoms with van der Waals surface area (Å²) in [5.74, 6) is -0.372. The zero-order valence-corrected chi connectivity index (χ0v) is 22.8. The predicted octanol–water partition coefficient (Wildman–Crippen LogP) is 5.87. The van der Waals surface area contributed by atoms with Gasteiger partial charge in [-0.05, 0) is 54.0 Å². The van der Waals surface area contributed by atoms with Gasteiger partial charge in [0.2, 0.25) is 0 Å². The molecule has 0 saturated carbocycles. The zero-order chi connectivity index (χ0) is 25.1. The average Bonchev–Trinajstić information content (AvgIpc) is 3.02. The second kappa shape index (κ2) is 10.6. The van der Waals surface area contributed by atoms with E-state index >= 15 is 0 Å². The fourth-order valence-electron chi connectivity index (χ4n) is 5.75. The van der Waals surface area contributed by atoms with Gasteiger partial charge < -0.3 is 14.8 Å². The van der Waals surface area contributed by atoms with Crippen molar-refractivity contribution >= 4 is 11.9 Å². The molecule has 192 valence electrons. The fraction of sp³-hybridized carbons (Fsp3) is 0.926. The molecular formula is C27H49N2O4-. The molecule has 0 aliphatic carbocycles. The van der Waals surface area contributed by atoms with Crippen LogP contribution in [0.15, 0.2) is 0 Å². The van der Waals surface area contributed by atoms with Gasteiger partial charge in [0, 0.05) is 17.0 Å². The number of rotatable bonds is 11. The normalized spacial score (nSPS) is 27.4. The summed E-state index contributed by atoms with van der Waals surface area (Å²) in [6.07, 6.45) is 7.73. The van der Waals surface area contributed by atoms with E-state index in [4.69, 9.17) is 14.8 Å². The lowest BCUT2D eigenvalue weighted by atomic mass is 9.87. The number of likely N-dealkylation sites (tertiary alicyclic amines) is 1. The number of hydrogen-bond acceptors (Lipinski definition) is 5. The first-order valence-corrected chi connectivity index (χ1v) is 12.9. The van der Waals surface area contributed by atoms with Crippen molar-refractivity contribution in [2.45, 2.75) is 129 Å². The first kappa shape index (κ1) is 28.1. The van der Waals surface area contributed by atoms with Gasteiger partial charge in [0.1, 0.15) is 0 Å². The lowest BCUT2D eigenvalue weighted by Crippen LogP contribution is -2.48. The van der Waals surface area contributed by atoms with E-state index in [1.165, 1.54) is 0 Å². The Kier molecular flexibility index (Phi) is 9.06. The van der Waals surface area contributed by atoms with Crippen LogP contribution in [0.1, 0.15) is 107 Å². The van der Waals surface area contributed by atoms with Gasteiger partial charge in [0.25, 0.3) is 0 Å². The molecule has 2 aliphatic heterocycles. The second-order valence-corrected chi connectivity index (χ2v) is 12.6. The minimum atomic E-state index is -0.344. The average molecular weight is 466 g/mol. The minimum absolute atomic E-state index is 0.0146. The smallest absolute Gasteiger partial charge is 0.310 e. The summed E-state index contributed by atoms with van der Waals surface area (Å²) in [6.45, 7) is 17.9. The molecule has 6 nitrogen and oxygen atoms in total. The highest BCUT2D eigenvalue weighted by atomic mass is 16.5. The number of carbonyl (C=O) groups is 2. The van der Waals surface area contributed by atoms with Crippen molar-refractivity contribution in [3.63, 3.8) is 0 Å². The Morgan fingerprint density at radius 2 is 1.21 bits per heavy atom. The monoisotopic (exact) mass is 465 g/mol. The Balaban J connectivity index is 1.52. The largest absolute Gasteiger partial charge is 0.651 e. The molecule has 0 aromatic rings. The number of unbranched alkanes of at least 4 members (excludes halogenated alkanes) is 5. The molecule has 0 N–H and O–H groups in total. The summed E-state index contributed by atoms with van der Waals surface area (Å²) in [4.78, 5) is 27.4. The molecule has 0 aromatic heterocycles. The van der Waals surface area contributed by atoms with Gasteiger partial charge in [-0.2, -0.15) is 0 Å². The maximum absolute atomic E-state index is 12.6. The summed E-state index contributed by atoms with van der Waals surface area (Å²) >= 11 is 0. The highest BCUT2D eigenvalue weighted by Crippen LogP contribution is 2.47. The van der Waals surface area contributed by atoms with E-state index in [0.29, 0.717) is 13.2 Å². The Morgan fingerprint density at radius 1 is 0.758 bits per heavy atom. The van der Waals surface area contributed by atoms with Crippen LogP contribution in [0.5, 0.6) is 0 Å². The van der Waals surface area contributed by atoms with E-state index in [1.807, 2.05) is 13.8 Å². The molecule has 6 heteroatoms. The topological polar surface area (TPSA) is 69.9 Å². The van der Waals surface area contributed by atoms with Crippen molar-refractivity contribution in [2.75, 3.05) is 20.3 Å². The number of carbonyl (C=O) groups excluding carboxylic acids is 2. The van der Waals surface area contributed by atoms with Crippen molar-refractivity contribution < 1.29 is 19.1 Å². The molecule has 0 radical (unpaired) electrons. The van der Waals surface area contributed by atoms with Gasteiger partial charge in [-0.1, -0.05) is 59.8 Å². The molecule has 0 amide bonds. The first-order valence-electron chi connectivity index (χ1n) is 12.9. The van der Waals surface area contributed by atoms with Crippen LogP contribution in [0.4, 0.5) is 0 Å². The van der Waals surface area contributed by atoms with E-state index in [-0.39, 0.29) is 45.9 Å². The van der Waals surface area contributed by atoms with Crippen molar-refractivity contribution in [2.24, 2.45) is 11.8 Å². The summed E-state index contributed by atoms with van der Waals surface area (Å²) in [5.41, 5.74) is -0.658. The van der Waals surface area contributed by atoms with E-state index in [9.17, 15) is 9.59 Å². The molecule has 2 fully saturated rings. The van der Waals surface area contributed by atoms with Crippen LogP contribution in [-0.4, -0.2) is 59.3 Å². The van der Waals surface area contributed by atoms with Crippen LogP contribution >= 0.6 is 0 Å². The molecule has 2 unspecified atom stereocenters. The molecule has 2 atom stereocenters. The van der Waals surface area contributed by atoms with Crippen LogP contribution in [0.3, 0.4) is 0 Å². The molecule has 2 aliphatic rings. The van der Waals surface area contributed by atoms with Gasteiger partial charge in [0.05, 0.1) is 19.1 Å². The van der Waals surface area contributed by atoms with Gasteiger partial charge in [-0.3, -0.25) is 14.5 Å². The van der Waals surface area contributed by atoms with Gasteiger partial charge >= 0.3 is 11.9 Å². The quantitative estimate of drug-likeness (QED) is 0.282. The molecule has 2 saturated heterocycles. The standard InChI is InChI=1S/C27H49N2O4/c1-24(2)18-20(26(5,6)28-24)22(30)32-16-14-12-10-11-13-15-17-33-23(31)21-19-25(3,4)29(9)27(21,7)8/h20-21H,10-19H2,1-9H3/q-1. The number of nitrogens with zero attached hydrogens (tertiary/aromatic N) is 2. The maximum atomic E-state index is 12.6. The third kappa shape index (κ3) is 7.17. The Hall–Kier alpha value is -1.14. The summed E-state index contributed by atoms with van der Waals surface area (Å²) in [6, 6.07) is 0. The van der Waals surface area contributed by atoms with E-state index < -0.39 is 0 Å². The zero-order valence-electron chi connectivity index (χ0n) is 22.8. The molecule has 2 rings (SSSR count). The highest BCUT2D eigenvalue weighted by molar-refractivity contribution is 5.76. The van der Waals surface area contributed by atoms with Crippen LogP contribution in [0, 0.1) is 11.8 Å². The van der Waals surface area contributed by atoms with Crippen molar-refractivity contribution in [1.29, 1.82) is 0 Å². The maximum Gasteiger partial charge on any atom is 0.310 e. The minimum Gasteiger partial charge on any atom is -0.651 e. The lowest BCUT2D eigenvalue weighted by molar-refractivity contribution is -0.151. The lowest BCUT2D eigenvalue weighted by Gasteiger charge is -2.43. The summed E-state index contributed by atoms with van der Waals surface area (Å²) in [5, 5.41) is 4.76. The van der Waals surface area contributed by atoms with Crippen molar-refractivity contribution in [3.05, 3.63) is 5.32 Å². The van der Waals surface area contributed by atoms with E-state index in [2.05, 4.69) is 53.5 Å². The molecule has 0 spiro atoms. The second-order valence-electron chi connectivity index (χ2n) is 12.6. The van der Waals surface area contributed by atoms with Gasteiger partial charge in [0.15, 0.2) is 0 Å². The van der Waals surface area contributed by atoms with Crippen LogP contribution in [0.2, 0.25) is 0 Å². The number of ether oxygens (including phenoxy) is 2. The molecule has 0 aromatic carbocycles. The van der Waals surface area contributed by atoms with E-state index in [1.54, 1.807) is 0 Å². The molecule has 2 heterocycles. The molecular weight excluding hydrogens is 416 g/mol. The third-order valence-electron chi connectivity index (χ3n) is 8.07. The Bertz CT molecular complexity index is 684. The fourth-order valence-corrected chi connectivity index (χ4v) is 5.75. The molecule has 33 heavy (non-hydrogen) atoms. The van der Waals surface area contributed by atoms with Crippen LogP contribution in [-0.2, 0) is 19.1 Å². The number of hydrogen-bond donors (Lipinski definition) is 0. The third-order valence-corrected chi connectivity index (χ3v) is 8.07. The number of esters is 2. The first-order chi connectivity index (χ1) is 15.1. The van der Waals surface area contributed by atoms with Crippen molar-refractivity contribution in [3.8, 4) is 0 Å². The highest BCUT2D eigenvalue weighted by Gasteiger charge is 2.52.